The largest absolute Gasteiger partial charge is 0.338 e. The highest BCUT2D eigenvalue weighted by Crippen LogP contribution is 2.25. The normalized spacial score (nSPS) is 26.1. The molecule has 0 aliphatic carbocycles. The fraction of sp³-hybridized carbons (Fsp3) is 0.933. The van der Waals surface area contributed by atoms with Crippen LogP contribution in [0.2, 0.25) is 0 Å². The Morgan fingerprint density at radius 3 is 2.72 bits per heavy atom. The zero-order valence-electron chi connectivity index (χ0n) is 12.3. The van der Waals surface area contributed by atoms with Crippen LogP contribution in [0.5, 0.6) is 0 Å². The molecule has 3 atom stereocenters. The SMILES string of the molecule is CCCCC(CC)C(=O)N1CCC(C)CC1CN. The number of nitrogens with zero attached hydrogens (tertiary/aromatic N) is 1. The molecule has 0 aromatic heterocycles. The molecule has 2 N–H and O–H groups in total. The first kappa shape index (κ1) is 15.5. The lowest BCUT2D eigenvalue weighted by Crippen LogP contribution is -2.51. The Labute approximate surface area is 112 Å². The third-order valence-corrected chi connectivity index (χ3v) is 4.28. The van der Waals surface area contributed by atoms with E-state index in [1.54, 1.807) is 0 Å². The van der Waals surface area contributed by atoms with Gasteiger partial charge in [-0.05, 0) is 31.6 Å². The highest BCUT2D eigenvalue weighted by atomic mass is 16.2. The summed E-state index contributed by atoms with van der Waals surface area (Å²) >= 11 is 0. The van der Waals surface area contributed by atoms with E-state index >= 15 is 0 Å². The van der Waals surface area contributed by atoms with Gasteiger partial charge in [0.05, 0.1) is 0 Å². The van der Waals surface area contributed by atoms with Crippen molar-refractivity contribution in [1.29, 1.82) is 0 Å². The van der Waals surface area contributed by atoms with Crippen molar-refractivity contribution in [3.63, 3.8) is 0 Å². The van der Waals surface area contributed by atoms with Crippen molar-refractivity contribution in [3.05, 3.63) is 0 Å². The average Bonchev–Trinajstić information content (AvgIpc) is 2.39. The molecule has 0 saturated carbocycles. The maximum atomic E-state index is 12.6. The van der Waals surface area contributed by atoms with Crippen molar-refractivity contribution >= 4 is 5.91 Å². The smallest absolute Gasteiger partial charge is 0.225 e. The van der Waals surface area contributed by atoms with Gasteiger partial charge in [-0.15, -0.1) is 0 Å². The predicted molar refractivity (Wildman–Crippen MR) is 76.3 cm³/mol. The minimum Gasteiger partial charge on any atom is -0.338 e. The lowest BCUT2D eigenvalue weighted by Gasteiger charge is -2.39. The number of nitrogens with two attached hydrogens (primary N) is 1. The standard InChI is InChI=1S/C15H30N2O/c1-4-6-7-13(5-2)15(18)17-9-8-12(3)10-14(17)11-16/h12-14H,4-11,16H2,1-3H3. The fourth-order valence-electron chi connectivity index (χ4n) is 2.95. The molecular formula is C15H30N2O. The monoisotopic (exact) mass is 254 g/mol. The topological polar surface area (TPSA) is 46.3 Å². The Balaban J connectivity index is 2.62. The van der Waals surface area contributed by atoms with Gasteiger partial charge in [0.25, 0.3) is 0 Å². The Hall–Kier alpha value is -0.570. The van der Waals surface area contributed by atoms with Crippen LogP contribution in [0.3, 0.4) is 0 Å². The second kappa shape index (κ2) is 7.78. The molecule has 1 fully saturated rings. The maximum absolute atomic E-state index is 12.6. The molecule has 1 heterocycles. The highest BCUT2D eigenvalue weighted by Gasteiger charge is 2.31. The van der Waals surface area contributed by atoms with Crippen LogP contribution in [0.25, 0.3) is 0 Å². The van der Waals surface area contributed by atoms with Gasteiger partial charge in [-0.3, -0.25) is 4.79 Å². The van der Waals surface area contributed by atoms with E-state index in [1.807, 2.05) is 0 Å². The molecule has 0 spiro atoms. The van der Waals surface area contributed by atoms with E-state index in [2.05, 4.69) is 25.7 Å². The van der Waals surface area contributed by atoms with E-state index in [0.29, 0.717) is 18.4 Å². The molecular weight excluding hydrogens is 224 g/mol. The van der Waals surface area contributed by atoms with Crippen molar-refractivity contribution in [1.82, 2.24) is 4.90 Å². The van der Waals surface area contributed by atoms with Gasteiger partial charge >= 0.3 is 0 Å². The number of rotatable bonds is 6. The summed E-state index contributed by atoms with van der Waals surface area (Å²) < 4.78 is 0. The first-order valence-corrected chi connectivity index (χ1v) is 7.64. The molecule has 0 radical (unpaired) electrons. The number of carbonyl (C=O) groups is 1. The van der Waals surface area contributed by atoms with Crippen LogP contribution in [0.1, 0.15) is 59.3 Å². The van der Waals surface area contributed by atoms with Gasteiger partial charge in [0.2, 0.25) is 5.91 Å². The molecule has 3 nitrogen and oxygen atoms in total. The van der Waals surface area contributed by atoms with E-state index in [1.165, 1.54) is 6.42 Å². The summed E-state index contributed by atoms with van der Waals surface area (Å²) in [7, 11) is 0. The van der Waals surface area contributed by atoms with Gasteiger partial charge in [0.1, 0.15) is 0 Å². The molecule has 0 aromatic rings. The third-order valence-electron chi connectivity index (χ3n) is 4.28. The minimum absolute atomic E-state index is 0.215. The molecule has 18 heavy (non-hydrogen) atoms. The number of amides is 1. The number of piperidine rings is 1. The molecule has 0 bridgehead atoms. The summed E-state index contributed by atoms with van der Waals surface area (Å²) in [5.74, 6) is 1.28. The second-order valence-electron chi connectivity index (χ2n) is 5.80. The molecule has 106 valence electrons. The van der Waals surface area contributed by atoms with Gasteiger partial charge < -0.3 is 10.6 Å². The molecule has 3 heteroatoms. The van der Waals surface area contributed by atoms with Gasteiger partial charge in [0, 0.05) is 25.0 Å². The number of hydrogen-bond acceptors (Lipinski definition) is 2. The predicted octanol–water partition coefficient (Wildman–Crippen LogP) is 2.79. The Morgan fingerprint density at radius 1 is 1.44 bits per heavy atom. The molecule has 1 aliphatic heterocycles. The summed E-state index contributed by atoms with van der Waals surface area (Å²) in [4.78, 5) is 14.7. The number of unbranched alkanes of at least 4 members (excludes halogenated alkanes) is 1. The molecule has 3 unspecified atom stereocenters. The zero-order valence-corrected chi connectivity index (χ0v) is 12.3. The molecule has 1 saturated heterocycles. The number of hydrogen-bond donors (Lipinski definition) is 1. The number of likely N-dealkylation sites (tertiary alicyclic amines) is 1. The van der Waals surface area contributed by atoms with Crippen LogP contribution in [0, 0.1) is 11.8 Å². The Kier molecular flexibility index (Phi) is 6.69. The quantitative estimate of drug-likeness (QED) is 0.792. The highest BCUT2D eigenvalue weighted by molar-refractivity contribution is 5.79. The average molecular weight is 254 g/mol. The van der Waals surface area contributed by atoms with Crippen molar-refractivity contribution in [3.8, 4) is 0 Å². The van der Waals surface area contributed by atoms with Crippen LogP contribution < -0.4 is 5.73 Å². The van der Waals surface area contributed by atoms with Gasteiger partial charge in [-0.2, -0.15) is 0 Å². The minimum atomic E-state index is 0.215. The number of carbonyl (C=O) groups excluding carboxylic acids is 1. The van der Waals surface area contributed by atoms with Crippen LogP contribution in [-0.2, 0) is 4.79 Å². The van der Waals surface area contributed by atoms with Crippen molar-refractivity contribution < 1.29 is 4.79 Å². The molecule has 1 aliphatic rings. The summed E-state index contributed by atoms with van der Waals surface area (Å²) in [6, 6.07) is 0.275. The van der Waals surface area contributed by atoms with E-state index in [4.69, 9.17) is 5.73 Å². The van der Waals surface area contributed by atoms with Crippen LogP contribution in [-0.4, -0.2) is 29.9 Å². The van der Waals surface area contributed by atoms with E-state index < -0.39 is 0 Å². The summed E-state index contributed by atoms with van der Waals surface area (Å²) in [6.07, 6.45) is 6.53. The molecule has 0 aromatic carbocycles. The first-order chi connectivity index (χ1) is 8.63. The van der Waals surface area contributed by atoms with Crippen molar-refractivity contribution in [2.24, 2.45) is 17.6 Å². The zero-order chi connectivity index (χ0) is 13.5. The molecule has 1 amide bonds. The first-order valence-electron chi connectivity index (χ1n) is 7.64. The third kappa shape index (κ3) is 3.98. The van der Waals surface area contributed by atoms with E-state index in [9.17, 15) is 4.79 Å². The van der Waals surface area contributed by atoms with Gasteiger partial charge in [-0.1, -0.05) is 33.6 Å². The maximum Gasteiger partial charge on any atom is 0.225 e. The second-order valence-corrected chi connectivity index (χ2v) is 5.80. The van der Waals surface area contributed by atoms with Crippen LogP contribution >= 0.6 is 0 Å². The van der Waals surface area contributed by atoms with Crippen molar-refractivity contribution in [2.45, 2.75) is 65.3 Å². The Bertz CT molecular complexity index is 255. The van der Waals surface area contributed by atoms with E-state index in [0.717, 1.165) is 38.6 Å². The van der Waals surface area contributed by atoms with Crippen molar-refractivity contribution in [2.75, 3.05) is 13.1 Å². The Morgan fingerprint density at radius 2 is 2.17 bits per heavy atom. The van der Waals surface area contributed by atoms with Gasteiger partial charge in [-0.25, -0.2) is 0 Å². The lowest BCUT2D eigenvalue weighted by molar-refractivity contribution is -0.140. The summed E-state index contributed by atoms with van der Waals surface area (Å²) in [5.41, 5.74) is 5.84. The van der Waals surface area contributed by atoms with Crippen LogP contribution in [0.15, 0.2) is 0 Å². The van der Waals surface area contributed by atoms with Gasteiger partial charge in [0.15, 0.2) is 0 Å². The molecule has 1 rings (SSSR count). The van der Waals surface area contributed by atoms with E-state index in [-0.39, 0.29) is 12.0 Å². The summed E-state index contributed by atoms with van der Waals surface area (Å²) in [6.45, 7) is 8.09. The summed E-state index contributed by atoms with van der Waals surface area (Å²) in [5, 5.41) is 0. The fourth-order valence-corrected chi connectivity index (χ4v) is 2.95. The lowest BCUT2D eigenvalue weighted by atomic mass is 9.89. The van der Waals surface area contributed by atoms with Crippen LogP contribution in [0.4, 0.5) is 0 Å².